The number of amides is 2. The van der Waals surface area contributed by atoms with Gasteiger partial charge in [-0.25, -0.2) is 0 Å². The van der Waals surface area contributed by atoms with Crippen molar-refractivity contribution in [1.29, 1.82) is 0 Å². The van der Waals surface area contributed by atoms with Crippen LogP contribution in [0, 0.1) is 0 Å². The lowest BCUT2D eigenvalue weighted by Crippen LogP contribution is -2.64. The molecule has 3 heterocycles. The minimum Gasteiger partial charge on any atom is -0.329 e. The molecule has 20 heavy (non-hydrogen) atoms. The zero-order chi connectivity index (χ0) is 14.3. The lowest BCUT2D eigenvalue weighted by atomic mass is 9.96. The van der Waals surface area contributed by atoms with E-state index >= 15 is 0 Å². The molecule has 6 heteroatoms. The minimum atomic E-state index is -0.377. The van der Waals surface area contributed by atoms with Crippen molar-refractivity contribution in [3.63, 3.8) is 0 Å². The van der Waals surface area contributed by atoms with Gasteiger partial charge in [-0.2, -0.15) is 0 Å². The number of carbonyl (C=O) groups is 2. The first-order chi connectivity index (χ1) is 9.58. The molecule has 2 aliphatic heterocycles. The predicted octanol–water partition coefficient (Wildman–Crippen LogP) is 2.51. The van der Waals surface area contributed by atoms with Crippen LogP contribution in [-0.4, -0.2) is 40.2 Å². The number of rotatable bonds is 2. The zero-order valence-electron chi connectivity index (χ0n) is 11.3. The highest BCUT2D eigenvalue weighted by molar-refractivity contribution is 7.16. The van der Waals surface area contributed by atoms with Gasteiger partial charge in [-0.15, -0.1) is 11.3 Å². The van der Waals surface area contributed by atoms with Gasteiger partial charge in [0.1, 0.15) is 12.1 Å². The number of hydrogen-bond donors (Lipinski definition) is 0. The van der Waals surface area contributed by atoms with Crippen molar-refractivity contribution in [2.45, 2.75) is 44.8 Å². The third-order valence-corrected chi connectivity index (χ3v) is 5.35. The van der Waals surface area contributed by atoms with E-state index in [4.69, 9.17) is 11.6 Å². The average molecular weight is 313 g/mol. The minimum absolute atomic E-state index is 0.0805. The van der Waals surface area contributed by atoms with E-state index in [-0.39, 0.29) is 23.9 Å². The summed E-state index contributed by atoms with van der Waals surface area (Å²) in [5, 5.41) is 0. The number of piperidine rings is 1. The van der Waals surface area contributed by atoms with Gasteiger partial charge in [0.2, 0.25) is 11.8 Å². The lowest BCUT2D eigenvalue weighted by molar-refractivity contribution is -0.163. The van der Waals surface area contributed by atoms with Crippen LogP contribution in [-0.2, 0) is 16.1 Å². The summed E-state index contributed by atoms with van der Waals surface area (Å²) in [6, 6.07) is 3.13. The number of fused-ring (bicyclic) bond motifs is 1. The van der Waals surface area contributed by atoms with Gasteiger partial charge in [0.15, 0.2) is 0 Å². The Kier molecular flexibility index (Phi) is 3.73. The van der Waals surface area contributed by atoms with E-state index < -0.39 is 0 Å². The zero-order valence-corrected chi connectivity index (χ0v) is 12.9. The van der Waals surface area contributed by atoms with Crippen LogP contribution < -0.4 is 0 Å². The van der Waals surface area contributed by atoms with E-state index in [2.05, 4.69) is 0 Å². The predicted molar refractivity (Wildman–Crippen MR) is 78.7 cm³/mol. The molecule has 2 amide bonds. The van der Waals surface area contributed by atoms with Crippen LogP contribution in [0.25, 0.3) is 0 Å². The molecule has 2 fully saturated rings. The maximum atomic E-state index is 12.6. The van der Waals surface area contributed by atoms with Crippen molar-refractivity contribution in [3.8, 4) is 0 Å². The summed E-state index contributed by atoms with van der Waals surface area (Å²) in [7, 11) is 0. The molecule has 4 nitrogen and oxygen atoms in total. The lowest BCUT2D eigenvalue weighted by Gasteiger charge is -2.45. The van der Waals surface area contributed by atoms with Gasteiger partial charge >= 0.3 is 0 Å². The van der Waals surface area contributed by atoms with Gasteiger partial charge in [-0.1, -0.05) is 11.6 Å². The molecule has 2 saturated heterocycles. The summed E-state index contributed by atoms with van der Waals surface area (Å²) in [5.74, 6) is 0.165. The fourth-order valence-corrected chi connectivity index (χ4v) is 4.11. The number of halogens is 1. The molecular weight excluding hydrogens is 296 g/mol. The number of thiophene rings is 1. The van der Waals surface area contributed by atoms with Gasteiger partial charge in [0.25, 0.3) is 0 Å². The molecule has 0 N–H and O–H groups in total. The Morgan fingerprint density at radius 2 is 2.10 bits per heavy atom. The Morgan fingerprint density at radius 1 is 1.30 bits per heavy atom. The molecule has 1 aromatic heterocycles. The van der Waals surface area contributed by atoms with Gasteiger partial charge < -0.3 is 9.80 Å². The standard InChI is InChI=1S/C14H17ClN2O2S/c1-9-13(18)16-7-3-2-4-11(16)14(19)17(9)8-10-5-6-12(15)20-10/h5-6,9,11H,2-4,7-8H2,1H3. The highest BCUT2D eigenvalue weighted by Gasteiger charge is 2.44. The first kappa shape index (κ1) is 13.9. The van der Waals surface area contributed by atoms with Crippen molar-refractivity contribution in [1.82, 2.24) is 9.80 Å². The summed E-state index contributed by atoms with van der Waals surface area (Å²) < 4.78 is 0.711. The molecule has 2 aliphatic rings. The molecule has 0 aromatic carbocycles. The average Bonchev–Trinajstić information content (AvgIpc) is 2.86. The highest BCUT2D eigenvalue weighted by Crippen LogP contribution is 2.29. The number of nitrogens with zero attached hydrogens (tertiary/aromatic N) is 2. The molecule has 1 aromatic rings. The molecule has 0 bridgehead atoms. The normalized spacial score (nSPS) is 26.9. The smallest absolute Gasteiger partial charge is 0.246 e. The van der Waals surface area contributed by atoms with E-state index in [9.17, 15) is 9.59 Å². The van der Waals surface area contributed by atoms with Gasteiger partial charge in [0.05, 0.1) is 10.9 Å². The van der Waals surface area contributed by atoms with Crippen molar-refractivity contribution in [2.75, 3.05) is 6.54 Å². The number of carbonyl (C=O) groups excluding carboxylic acids is 2. The van der Waals surface area contributed by atoms with Crippen molar-refractivity contribution in [2.24, 2.45) is 0 Å². The van der Waals surface area contributed by atoms with Crippen molar-refractivity contribution < 1.29 is 9.59 Å². The first-order valence-electron chi connectivity index (χ1n) is 6.93. The number of piperazine rings is 1. The Balaban J connectivity index is 1.83. The molecule has 0 radical (unpaired) electrons. The van der Waals surface area contributed by atoms with Crippen LogP contribution in [0.1, 0.15) is 31.1 Å². The van der Waals surface area contributed by atoms with Crippen LogP contribution in [0.15, 0.2) is 12.1 Å². The quantitative estimate of drug-likeness (QED) is 0.842. The second kappa shape index (κ2) is 5.37. The van der Waals surface area contributed by atoms with E-state index in [0.717, 1.165) is 30.7 Å². The van der Waals surface area contributed by atoms with E-state index in [1.54, 1.807) is 9.80 Å². The van der Waals surface area contributed by atoms with Crippen LogP contribution in [0.2, 0.25) is 4.34 Å². The second-order valence-electron chi connectivity index (χ2n) is 5.39. The monoisotopic (exact) mass is 312 g/mol. The second-order valence-corrected chi connectivity index (χ2v) is 7.19. The maximum Gasteiger partial charge on any atom is 0.246 e. The summed E-state index contributed by atoms with van der Waals surface area (Å²) >= 11 is 7.39. The molecule has 0 spiro atoms. The van der Waals surface area contributed by atoms with Crippen molar-refractivity contribution >= 4 is 34.8 Å². The SMILES string of the molecule is CC1C(=O)N2CCCCC2C(=O)N1Cc1ccc(Cl)s1. The third kappa shape index (κ3) is 2.33. The molecule has 2 atom stereocenters. The van der Waals surface area contributed by atoms with E-state index in [1.165, 1.54) is 11.3 Å². The molecule has 2 unspecified atom stereocenters. The van der Waals surface area contributed by atoms with Gasteiger partial charge in [-0.3, -0.25) is 9.59 Å². The molecule has 0 saturated carbocycles. The Morgan fingerprint density at radius 3 is 2.80 bits per heavy atom. The third-order valence-electron chi connectivity index (χ3n) is 4.13. The van der Waals surface area contributed by atoms with Gasteiger partial charge in [-0.05, 0) is 38.3 Å². The maximum absolute atomic E-state index is 12.6. The number of hydrogen-bond acceptors (Lipinski definition) is 3. The first-order valence-corrected chi connectivity index (χ1v) is 8.12. The Hall–Kier alpha value is -1.07. The Bertz CT molecular complexity index is 545. The summed E-state index contributed by atoms with van der Waals surface area (Å²) in [4.78, 5) is 29.5. The van der Waals surface area contributed by atoms with E-state index in [1.807, 2.05) is 19.1 Å². The van der Waals surface area contributed by atoms with Gasteiger partial charge in [0, 0.05) is 11.4 Å². The fourth-order valence-electron chi connectivity index (χ4n) is 3.03. The summed E-state index contributed by atoms with van der Waals surface area (Å²) in [6.07, 6.45) is 2.81. The summed E-state index contributed by atoms with van der Waals surface area (Å²) in [5.41, 5.74) is 0. The van der Waals surface area contributed by atoms with Crippen LogP contribution in [0.5, 0.6) is 0 Å². The molecule has 3 rings (SSSR count). The van der Waals surface area contributed by atoms with Crippen molar-refractivity contribution in [3.05, 3.63) is 21.3 Å². The summed E-state index contributed by atoms with van der Waals surface area (Å²) in [6.45, 7) is 3.02. The fraction of sp³-hybridized carbons (Fsp3) is 0.571. The topological polar surface area (TPSA) is 40.6 Å². The van der Waals surface area contributed by atoms with Crippen LogP contribution in [0.4, 0.5) is 0 Å². The highest BCUT2D eigenvalue weighted by atomic mass is 35.5. The van der Waals surface area contributed by atoms with Crippen LogP contribution in [0.3, 0.4) is 0 Å². The van der Waals surface area contributed by atoms with E-state index in [0.29, 0.717) is 10.9 Å². The largest absolute Gasteiger partial charge is 0.329 e. The molecule has 0 aliphatic carbocycles. The Labute approximate surface area is 127 Å². The van der Waals surface area contributed by atoms with Crippen LogP contribution >= 0.6 is 22.9 Å². The molecular formula is C14H17ClN2O2S. The molecule has 108 valence electrons.